The van der Waals surface area contributed by atoms with Crippen molar-refractivity contribution in [2.45, 2.75) is 26.8 Å². The van der Waals surface area contributed by atoms with Gasteiger partial charge in [-0.15, -0.1) is 0 Å². The summed E-state index contributed by atoms with van der Waals surface area (Å²) in [6.07, 6.45) is 0. The van der Waals surface area contributed by atoms with E-state index in [-0.39, 0.29) is 24.5 Å². The number of hydrogen-bond donors (Lipinski definition) is 1. The fourth-order valence-corrected chi connectivity index (χ4v) is 2.09. The average molecular weight is 318 g/mol. The number of amides is 1. The van der Waals surface area contributed by atoms with Crippen LogP contribution in [0.2, 0.25) is 10.0 Å². The fraction of sp³-hybridized carbons (Fsp3) is 0.429. The summed E-state index contributed by atoms with van der Waals surface area (Å²) in [4.78, 5) is 22.9. The maximum atomic E-state index is 11.7. The molecule has 0 radical (unpaired) electrons. The zero-order chi connectivity index (χ0) is 15.3. The van der Waals surface area contributed by atoms with Gasteiger partial charge in [0.1, 0.15) is 0 Å². The lowest BCUT2D eigenvalue weighted by atomic mass is 10.1. The number of rotatable bonds is 5. The summed E-state index contributed by atoms with van der Waals surface area (Å²) in [5, 5.41) is 3.71. The molecule has 1 aromatic rings. The summed E-state index contributed by atoms with van der Waals surface area (Å²) in [6, 6.07) is 4.75. The number of benzene rings is 1. The van der Waals surface area contributed by atoms with Crippen molar-refractivity contribution < 1.29 is 14.3 Å². The smallest absolute Gasteiger partial charge is 0.308 e. The Balaban J connectivity index is 2.55. The van der Waals surface area contributed by atoms with E-state index in [0.29, 0.717) is 10.0 Å². The Morgan fingerprint density at radius 2 is 1.90 bits per heavy atom. The molecule has 110 valence electrons. The minimum atomic E-state index is -0.405. The minimum Gasteiger partial charge on any atom is -0.455 e. The highest BCUT2D eigenvalue weighted by molar-refractivity contribution is 6.35. The van der Waals surface area contributed by atoms with E-state index in [1.807, 2.05) is 0 Å². The van der Waals surface area contributed by atoms with Crippen LogP contribution in [0.25, 0.3) is 0 Å². The summed E-state index contributed by atoms with van der Waals surface area (Å²) in [5.41, 5.74) is 0.750. The van der Waals surface area contributed by atoms with E-state index in [4.69, 9.17) is 27.9 Å². The van der Waals surface area contributed by atoms with Gasteiger partial charge in [-0.2, -0.15) is 0 Å². The molecule has 0 saturated heterocycles. The Labute approximate surface area is 128 Å². The largest absolute Gasteiger partial charge is 0.455 e. The molecule has 0 spiro atoms. The molecule has 0 aliphatic heterocycles. The lowest BCUT2D eigenvalue weighted by molar-refractivity contribution is -0.151. The number of carbonyl (C=O) groups is 2. The number of esters is 1. The molecule has 0 saturated carbocycles. The van der Waals surface area contributed by atoms with E-state index < -0.39 is 5.97 Å². The molecule has 0 aliphatic carbocycles. The molecule has 0 aromatic heterocycles. The van der Waals surface area contributed by atoms with Gasteiger partial charge in [0, 0.05) is 10.0 Å². The predicted octanol–water partition coefficient (Wildman–Crippen LogP) is 3.37. The molecule has 1 aromatic carbocycles. The standard InChI is InChI=1S/C14H17Cl2NO3/c1-8(2)14(19)20-7-13(18)17-9(3)11-5-4-10(15)6-12(11)16/h4-6,8-9H,7H2,1-3H3,(H,17,18)/t9-/m0/s1. The van der Waals surface area contributed by atoms with Gasteiger partial charge in [0.25, 0.3) is 5.91 Å². The van der Waals surface area contributed by atoms with Crippen LogP contribution in [0.15, 0.2) is 18.2 Å². The molecule has 0 fully saturated rings. The number of halogens is 2. The van der Waals surface area contributed by atoms with Crippen molar-refractivity contribution in [2.24, 2.45) is 5.92 Å². The molecule has 20 heavy (non-hydrogen) atoms. The molecule has 0 heterocycles. The van der Waals surface area contributed by atoms with Crippen LogP contribution in [-0.4, -0.2) is 18.5 Å². The third-order valence-electron chi connectivity index (χ3n) is 2.62. The first kappa shape index (κ1) is 16.8. The van der Waals surface area contributed by atoms with E-state index >= 15 is 0 Å². The fourth-order valence-electron chi connectivity index (χ4n) is 1.52. The molecule has 0 aliphatic rings. The van der Waals surface area contributed by atoms with Crippen LogP contribution in [0.5, 0.6) is 0 Å². The van der Waals surface area contributed by atoms with Gasteiger partial charge in [-0.05, 0) is 24.6 Å². The molecular weight excluding hydrogens is 301 g/mol. The van der Waals surface area contributed by atoms with Gasteiger partial charge >= 0.3 is 5.97 Å². The molecule has 1 rings (SSSR count). The van der Waals surface area contributed by atoms with Gasteiger partial charge < -0.3 is 10.1 Å². The summed E-state index contributed by atoms with van der Waals surface area (Å²) in [5.74, 6) is -1.04. The minimum absolute atomic E-state index is 0.258. The van der Waals surface area contributed by atoms with E-state index in [1.54, 1.807) is 39.0 Å². The maximum Gasteiger partial charge on any atom is 0.308 e. The molecule has 1 atom stereocenters. The molecule has 0 bridgehead atoms. The van der Waals surface area contributed by atoms with Crippen LogP contribution >= 0.6 is 23.2 Å². The Bertz CT molecular complexity index is 503. The molecule has 1 N–H and O–H groups in total. The second-order valence-corrected chi connectivity index (χ2v) is 5.56. The third kappa shape index (κ3) is 5.02. The van der Waals surface area contributed by atoms with Gasteiger partial charge in [-0.25, -0.2) is 0 Å². The van der Waals surface area contributed by atoms with Gasteiger partial charge in [-0.1, -0.05) is 43.1 Å². The highest BCUT2D eigenvalue weighted by Crippen LogP contribution is 2.25. The van der Waals surface area contributed by atoms with Crippen molar-refractivity contribution in [1.82, 2.24) is 5.32 Å². The molecule has 0 unspecified atom stereocenters. The van der Waals surface area contributed by atoms with Crippen molar-refractivity contribution in [3.63, 3.8) is 0 Å². The van der Waals surface area contributed by atoms with E-state index in [0.717, 1.165) is 5.56 Å². The van der Waals surface area contributed by atoms with Crippen molar-refractivity contribution >= 4 is 35.1 Å². The zero-order valence-electron chi connectivity index (χ0n) is 11.6. The van der Waals surface area contributed by atoms with Crippen LogP contribution in [-0.2, 0) is 14.3 Å². The molecule has 1 amide bonds. The van der Waals surface area contributed by atoms with Crippen LogP contribution in [0.3, 0.4) is 0 Å². The Hall–Kier alpha value is -1.26. The highest BCUT2D eigenvalue weighted by Gasteiger charge is 2.15. The van der Waals surface area contributed by atoms with Crippen LogP contribution < -0.4 is 5.32 Å². The van der Waals surface area contributed by atoms with Crippen molar-refractivity contribution in [2.75, 3.05) is 6.61 Å². The van der Waals surface area contributed by atoms with Gasteiger partial charge in [0.2, 0.25) is 0 Å². The second-order valence-electron chi connectivity index (χ2n) is 4.72. The second kappa shape index (κ2) is 7.50. The van der Waals surface area contributed by atoms with Gasteiger partial charge in [0.05, 0.1) is 12.0 Å². The number of carbonyl (C=O) groups excluding carboxylic acids is 2. The topological polar surface area (TPSA) is 55.4 Å². The number of hydrogen-bond acceptors (Lipinski definition) is 3. The Morgan fingerprint density at radius 3 is 2.45 bits per heavy atom. The SMILES string of the molecule is CC(C)C(=O)OCC(=O)N[C@@H](C)c1ccc(Cl)cc1Cl. The normalized spacial score (nSPS) is 12.1. The quantitative estimate of drug-likeness (QED) is 0.847. The zero-order valence-corrected chi connectivity index (χ0v) is 13.1. The molecule has 4 nitrogen and oxygen atoms in total. The molecular formula is C14H17Cl2NO3. The lowest BCUT2D eigenvalue weighted by Gasteiger charge is -2.16. The summed E-state index contributed by atoms with van der Waals surface area (Å²) in [7, 11) is 0. The van der Waals surface area contributed by atoms with Crippen molar-refractivity contribution in [1.29, 1.82) is 0 Å². The first-order valence-electron chi connectivity index (χ1n) is 6.22. The average Bonchev–Trinajstić information content (AvgIpc) is 2.35. The van der Waals surface area contributed by atoms with E-state index in [9.17, 15) is 9.59 Å². The summed E-state index contributed by atoms with van der Waals surface area (Å²) in [6.45, 7) is 4.90. The summed E-state index contributed by atoms with van der Waals surface area (Å²) >= 11 is 11.9. The van der Waals surface area contributed by atoms with Gasteiger partial charge in [0.15, 0.2) is 6.61 Å². The van der Waals surface area contributed by atoms with Gasteiger partial charge in [-0.3, -0.25) is 9.59 Å². The van der Waals surface area contributed by atoms with E-state index in [1.165, 1.54) is 0 Å². The Morgan fingerprint density at radius 1 is 1.25 bits per heavy atom. The van der Waals surface area contributed by atoms with Crippen LogP contribution in [0.4, 0.5) is 0 Å². The monoisotopic (exact) mass is 317 g/mol. The lowest BCUT2D eigenvalue weighted by Crippen LogP contribution is -2.31. The summed E-state index contributed by atoms with van der Waals surface area (Å²) < 4.78 is 4.85. The Kier molecular flexibility index (Phi) is 6.30. The molecule has 6 heteroatoms. The maximum absolute atomic E-state index is 11.7. The van der Waals surface area contributed by atoms with E-state index in [2.05, 4.69) is 5.32 Å². The van der Waals surface area contributed by atoms with Crippen molar-refractivity contribution in [3.05, 3.63) is 33.8 Å². The number of ether oxygens (including phenoxy) is 1. The number of nitrogens with one attached hydrogen (secondary N) is 1. The third-order valence-corrected chi connectivity index (χ3v) is 3.19. The highest BCUT2D eigenvalue weighted by atomic mass is 35.5. The predicted molar refractivity (Wildman–Crippen MR) is 78.8 cm³/mol. The van der Waals surface area contributed by atoms with Crippen molar-refractivity contribution in [3.8, 4) is 0 Å². The van der Waals surface area contributed by atoms with Crippen LogP contribution in [0.1, 0.15) is 32.4 Å². The first-order valence-corrected chi connectivity index (χ1v) is 6.97. The van der Waals surface area contributed by atoms with Crippen LogP contribution in [0, 0.1) is 5.92 Å². The first-order chi connectivity index (χ1) is 9.31.